The van der Waals surface area contributed by atoms with Crippen molar-refractivity contribution in [1.82, 2.24) is 14.5 Å². The number of aryl methyl sites for hydroxylation is 1. The van der Waals surface area contributed by atoms with Crippen LogP contribution in [0.1, 0.15) is 35.1 Å². The van der Waals surface area contributed by atoms with E-state index in [2.05, 4.69) is 11.9 Å². The summed E-state index contributed by atoms with van der Waals surface area (Å²) in [5.74, 6) is -1.22. The maximum absolute atomic E-state index is 13.1. The number of halogens is 1. The van der Waals surface area contributed by atoms with Gasteiger partial charge in [-0.3, -0.25) is 4.79 Å². The molecule has 0 saturated heterocycles. The predicted molar refractivity (Wildman–Crippen MR) is 88.3 cm³/mol. The van der Waals surface area contributed by atoms with Crippen LogP contribution in [-0.4, -0.2) is 39.5 Å². The van der Waals surface area contributed by atoms with Gasteiger partial charge in [0, 0.05) is 18.5 Å². The molecule has 1 aromatic carbocycles. The summed E-state index contributed by atoms with van der Waals surface area (Å²) in [5, 5.41) is 0. The van der Waals surface area contributed by atoms with E-state index in [0.29, 0.717) is 12.0 Å². The molecule has 1 atom stereocenters. The summed E-state index contributed by atoms with van der Waals surface area (Å²) in [4.78, 5) is 31.0. The first kappa shape index (κ1) is 17.1. The van der Waals surface area contributed by atoms with E-state index in [1.54, 1.807) is 6.33 Å². The Bertz CT molecular complexity index is 785. The second-order valence-corrected chi connectivity index (χ2v) is 6.01. The van der Waals surface area contributed by atoms with Crippen molar-refractivity contribution in [3.05, 3.63) is 53.4 Å². The van der Waals surface area contributed by atoms with Crippen molar-refractivity contribution in [2.24, 2.45) is 0 Å². The number of imidazole rings is 1. The van der Waals surface area contributed by atoms with E-state index >= 15 is 0 Å². The second-order valence-electron chi connectivity index (χ2n) is 6.01. The Morgan fingerprint density at radius 3 is 2.68 bits per heavy atom. The fourth-order valence-electron chi connectivity index (χ4n) is 3.12. The van der Waals surface area contributed by atoms with Crippen molar-refractivity contribution >= 4 is 11.9 Å². The molecule has 0 radical (unpaired) electrons. The van der Waals surface area contributed by atoms with Crippen LogP contribution >= 0.6 is 0 Å². The van der Waals surface area contributed by atoms with E-state index < -0.39 is 17.8 Å². The van der Waals surface area contributed by atoms with Crippen LogP contribution < -0.4 is 0 Å². The Labute approximate surface area is 145 Å². The number of hydrogen-bond donors (Lipinski definition) is 0. The molecule has 0 fully saturated rings. The normalized spacial score (nSPS) is 16.4. The Morgan fingerprint density at radius 1 is 1.32 bits per heavy atom. The quantitative estimate of drug-likeness (QED) is 0.797. The van der Waals surface area contributed by atoms with Crippen molar-refractivity contribution in [3.8, 4) is 0 Å². The maximum atomic E-state index is 13.1. The first-order chi connectivity index (χ1) is 12.0. The van der Waals surface area contributed by atoms with Crippen LogP contribution in [0.15, 0.2) is 30.6 Å². The summed E-state index contributed by atoms with van der Waals surface area (Å²) >= 11 is 0. The van der Waals surface area contributed by atoms with Crippen LogP contribution in [0.25, 0.3) is 0 Å². The summed E-state index contributed by atoms with van der Waals surface area (Å²) in [7, 11) is 1.30. The fraction of sp³-hybridized carbons (Fsp3) is 0.389. The molecule has 6 nitrogen and oxygen atoms in total. The smallest absolute Gasteiger partial charge is 0.329 e. The van der Waals surface area contributed by atoms with Crippen molar-refractivity contribution in [2.45, 2.75) is 38.9 Å². The number of amides is 1. The molecule has 1 aromatic heterocycles. The molecule has 2 heterocycles. The van der Waals surface area contributed by atoms with Gasteiger partial charge < -0.3 is 14.2 Å². The Balaban J connectivity index is 1.95. The van der Waals surface area contributed by atoms with Crippen LogP contribution in [0.5, 0.6) is 0 Å². The van der Waals surface area contributed by atoms with E-state index in [9.17, 15) is 14.0 Å². The molecule has 0 aliphatic carbocycles. The number of esters is 1. The van der Waals surface area contributed by atoms with Gasteiger partial charge in [-0.2, -0.15) is 0 Å². The number of benzene rings is 1. The zero-order valence-corrected chi connectivity index (χ0v) is 14.2. The summed E-state index contributed by atoms with van der Waals surface area (Å²) in [6.07, 6.45) is 3.00. The minimum absolute atomic E-state index is 0.269. The van der Waals surface area contributed by atoms with Crippen molar-refractivity contribution in [1.29, 1.82) is 0 Å². The van der Waals surface area contributed by atoms with Gasteiger partial charge in [-0.1, -0.05) is 6.92 Å². The highest BCUT2D eigenvalue weighted by atomic mass is 19.1. The summed E-state index contributed by atoms with van der Waals surface area (Å²) in [5.41, 5.74) is 2.07. The van der Waals surface area contributed by atoms with Gasteiger partial charge in [-0.05, 0) is 30.7 Å². The zero-order chi connectivity index (χ0) is 18.0. The summed E-state index contributed by atoms with van der Waals surface area (Å²) in [6.45, 7) is 3.13. The summed E-state index contributed by atoms with van der Waals surface area (Å²) < 4.78 is 20.0. The second kappa shape index (κ2) is 7.04. The first-order valence-corrected chi connectivity index (χ1v) is 8.22. The predicted octanol–water partition coefficient (Wildman–Crippen LogP) is 2.17. The minimum atomic E-state index is -0.736. The number of aromatic nitrogens is 2. The number of nitrogens with zero attached hydrogens (tertiary/aromatic N) is 3. The van der Waals surface area contributed by atoms with E-state index in [4.69, 9.17) is 4.74 Å². The van der Waals surface area contributed by atoms with E-state index in [-0.39, 0.29) is 12.5 Å². The minimum Gasteiger partial charge on any atom is -0.467 e. The van der Waals surface area contributed by atoms with E-state index in [0.717, 1.165) is 24.4 Å². The van der Waals surface area contributed by atoms with Gasteiger partial charge >= 0.3 is 5.97 Å². The van der Waals surface area contributed by atoms with E-state index in [1.165, 1.54) is 36.3 Å². The molecule has 1 amide bonds. The van der Waals surface area contributed by atoms with Gasteiger partial charge in [0.1, 0.15) is 11.9 Å². The molecule has 1 aliphatic heterocycles. The molecule has 7 heteroatoms. The topological polar surface area (TPSA) is 64.4 Å². The van der Waals surface area contributed by atoms with Crippen LogP contribution in [0.4, 0.5) is 4.39 Å². The average Bonchev–Trinajstić information content (AvgIpc) is 3.02. The molecule has 0 N–H and O–H groups in total. The van der Waals surface area contributed by atoms with Crippen LogP contribution in [0.3, 0.4) is 0 Å². The van der Waals surface area contributed by atoms with Gasteiger partial charge in [0.05, 0.1) is 31.4 Å². The Morgan fingerprint density at radius 2 is 2.04 bits per heavy atom. The molecule has 0 saturated carbocycles. The third-order valence-corrected chi connectivity index (χ3v) is 4.41. The first-order valence-electron chi connectivity index (χ1n) is 8.22. The lowest BCUT2D eigenvalue weighted by Gasteiger charge is -2.34. The lowest BCUT2D eigenvalue weighted by atomic mass is 10.0. The molecule has 25 heavy (non-hydrogen) atoms. The molecule has 0 unspecified atom stereocenters. The number of methoxy groups -OCH3 is 1. The number of hydrogen-bond acceptors (Lipinski definition) is 4. The monoisotopic (exact) mass is 345 g/mol. The third kappa shape index (κ3) is 3.26. The van der Waals surface area contributed by atoms with Gasteiger partial charge in [0.2, 0.25) is 0 Å². The highest BCUT2D eigenvalue weighted by Gasteiger charge is 2.37. The molecule has 132 valence electrons. The lowest BCUT2D eigenvalue weighted by Crippen LogP contribution is -2.49. The van der Waals surface area contributed by atoms with Crippen LogP contribution in [0.2, 0.25) is 0 Å². The van der Waals surface area contributed by atoms with E-state index in [1.807, 2.05) is 4.57 Å². The van der Waals surface area contributed by atoms with Crippen LogP contribution in [-0.2, 0) is 29.0 Å². The molecule has 0 spiro atoms. The average molecular weight is 345 g/mol. The number of carbonyl (C=O) groups is 2. The molecule has 2 aromatic rings. The number of rotatable bonds is 4. The van der Waals surface area contributed by atoms with Gasteiger partial charge in [0.15, 0.2) is 0 Å². The maximum Gasteiger partial charge on any atom is 0.329 e. The van der Waals surface area contributed by atoms with Crippen molar-refractivity contribution in [2.75, 3.05) is 7.11 Å². The molecular formula is C18H20FN3O3. The SMILES string of the molecule is CCCn1cnc2c1CN(C(=O)c1ccc(F)cc1)[C@H](C(=O)OC)C2. The van der Waals surface area contributed by atoms with Crippen molar-refractivity contribution < 1.29 is 18.7 Å². The molecule has 1 aliphatic rings. The highest BCUT2D eigenvalue weighted by molar-refractivity contribution is 5.97. The van der Waals surface area contributed by atoms with Gasteiger partial charge in [0.25, 0.3) is 5.91 Å². The molecule has 3 rings (SSSR count). The number of fused-ring (bicyclic) bond motifs is 1. The standard InChI is InChI=1S/C18H20FN3O3/c1-3-8-21-11-20-14-9-15(18(24)25-2)22(10-16(14)21)17(23)12-4-6-13(19)7-5-12/h4-7,11,15H,3,8-10H2,1-2H3/t15-/m0/s1. The molecular weight excluding hydrogens is 325 g/mol. The number of ether oxygens (including phenoxy) is 1. The fourth-order valence-corrected chi connectivity index (χ4v) is 3.12. The lowest BCUT2D eigenvalue weighted by molar-refractivity contribution is -0.146. The van der Waals surface area contributed by atoms with Crippen LogP contribution in [0, 0.1) is 5.82 Å². The Kier molecular flexibility index (Phi) is 4.83. The third-order valence-electron chi connectivity index (χ3n) is 4.41. The highest BCUT2D eigenvalue weighted by Crippen LogP contribution is 2.25. The largest absolute Gasteiger partial charge is 0.467 e. The Hall–Kier alpha value is -2.70. The van der Waals surface area contributed by atoms with Gasteiger partial charge in [-0.15, -0.1) is 0 Å². The molecule has 0 bridgehead atoms. The van der Waals surface area contributed by atoms with Gasteiger partial charge in [-0.25, -0.2) is 14.2 Å². The van der Waals surface area contributed by atoms with Crippen molar-refractivity contribution in [3.63, 3.8) is 0 Å². The number of carbonyl (C=O) groups excluding carboxylic acids is 2. The zero-order valence-electron chi connectivity index (χ0n) is 14.2. The summed E-state index contributed by atoms with van der Waals surface area (Å²) in [6, 6.07) is 4.57.